The molecule has 6 heteroatoms. The van der Waals surface area contributed by atoms with E-state index >= 15 is 0 Å². The molecule has 0 aliphatic rings. The van der Waals surface area contributed by atoms with Crippen molar-refractivity contribution in [3.8, 4) is 0 Å². The molecule has 2 N–H and O–H groups in total. The summed E-state index contributed by atoms with van der Waals surface area (Å²) in [5.74, 6) is -2.22. The van der Waals surface area contributed by atoms with Crippen molar-refractivity contribution in [2.45, 2.75) is 6.92 Å². The smallest absolute Gasteiger partial charge is 0.337 e. The summed E-state index contributed by atoms with van der Waals surface area (Å²) in [6.45, 7) is 1.59. The van der Waals surface area contributed by atoms with Crippen LogP contribution < -0.4 is 5.32 Å². The third-order valence-electron chi connectivity index (χ3n) is 2.89. The molecule has 21 heavy (non-hydrogen) atoms. The molecular formula is C15H11BrFNO3. The zero-order chi connectivity index (χ0) is 15.6. The Balaban J connectivity index is 2.33. The Hall–Kier alpha value is -2.21. The maximum Gasteiger partial charge on any atom is 0.337 e. The number of hydrogen-bond acceptors (Lipinski definition) is 2. The molecule has 0 saturated carbocycles. The highest BCUT2D eigenvalue weighted by Gasteiger charge is 2.14. The predicted octanol–water partition coefficient (Wildman–Crippen LogP) is 3.85. The lowest BCUT2D eigenvalue weighted by molar-refractivity contribution is 0.0698. The average molecular weight is 352 g/mol. The van der Waals surface area contributed by atoms with Gasteiger partial charge in [-0.05, 0) is 42.8 Å². The number of aromatic carboxylic acids is 1. The molecule has 2 aromatic carbocycles. The van der Waals surface area contributed by atoms with E-state index in [-0.39, 0.29) is 16.8 Å². The van der Waals surface area contributed by atoms with Crippen molar-refractivity contribution in [1.29, 1.82) is 0 Å². The van der Waals surface area contributed by atoms with E-state index in [2.05, 4.69) is 21.2 Å². The van der Waals surface area contributed by atoms with Crippen LogP contribution >= 0.6 is 15.9 Å². The first-order chi connectivity index (χ1) is 9.88. The van der Waals surface area contributed by atoms with E-state index in [9.17, 15) is 14.0 Å². The van der Waals surface area contributed by atoms with Gasteiger partial charge in [0, 0.05) is 10.0 Å². The zero-order valence-electron chi connectivity index (χ0n) is 11.0. The highest BCUT2D eigenvalue weighted by molar-refractivity contribution is 9.10. The standard InChI is InChI=1S/C15H11BrFNO3/c1-8-2-3-9(6-12(8)17)14(19)18-13-7-10(16)4-5-11(13)15(20)21/h2-7H,1H3,(H,18,19)(H,20,21). The van der Waals surface area contributed by atoms with Crippen LogP contribution in [0.1, 0.15) is 26.3 Å². The summed E-state index contributed by atoms with van der Waals surface area (Å²) < 4.78 is 14.1. The molecule has 0 bridgehead atoms. The molecular weight excluding hydrogens is 341 g/mol. The number of benzene rings is 2. The van der Waals surface area contributed by atoms with Gasteiger partial charge in [-0.25, -0.2) is 9.18 Å². The van der Waals surface area contributed by atoms with Crippen molar-refractivity contribution in [3.63, 3.8) is 0 Å². The molecule has 0 saturated heterocycles. The minimum absolute atomic E-state index is 0.0425. The minimum Gasteiger partial charge on any atom is -0.478 e. The molecule has 0 radical (unpaired) electrons. The first-order valence-corrected chi connectivity index (χ1v) is 6.78. The fourth-order valence-electron chi connectivity index (χ4n) is 1.73. The number of carbonyl (C=O) groups excluding carboxylic acids is 1. The van der Waals surface area contributed by atoms with Gasteiger partial charge in [0.15, 0.2) is 0 Å². The van der Waals surface area contributed by atoms with Crippen LogP contribution in [0.3, 0.4) is 0 Å². The van der Waals surface area contributed by atoms with E-state index in [1.807, 2.05) is 0 Å². The summed E-state index contributed by atoms with van der Waals surface area (Å²) in [5.41, 5.74) is 0.650. The Morgan fingerprint density at radius 1 is 1.19 bits per heavy atom. The molecule has 1 amide bonds. The Kier molecular flexibility index (Phi) is 4.37. The van der Waals surface area contributed by atoms with Crippen molar-refractivity contribution in [1.82, 2.24) is 0 Å². The van der Waals surface area contributed by atoms with Crippen LogP contribution in [0.5, 0.6) is 0 Å². The average Bonchev–Trinajstić information content (AvgIpc) is 2.41. The summed E-state index contributed by atoms with van der Waals surface area (Å²) in [4.78, 5) is 23.2. The number of carboxylic acids is 1. The highest BCUT2D eigenvalue weighted by Crippen LogP contribution is 2.22. The minimum atomic E-state index is -1.16. The second kappa shape index (κ2) is 6.05. The summed E-state index contributed by atoms with van der Waals surface area (Å²) in [6.07, 6.45) is 0. The summed E-state index contributed by atoms with van der Waals surface area (Å²) in [6, 6.07) is 8.49. The number of anilines is 1. The number of hydrogen-bond donors (Lipinski definition) is 2. The molecule has 0 heterocycles. The number of aryl methyl sites for hydroxylation is 1. The van der Waals surface area contributed by atoms with E-state index < -0.39 is 17.7 Å². The number of carbonyl (C=O) groups is 2. The van der Waals surface area contributed by atoms with Gasteiger partial charge in [-0.1, -0.05) is 22.0 Å². The Morgan fingerprint density at radius 2 is 1.90 bits per heavy atom. The Labute approximate surface area is 128 Å². The van der Waals surface area contributed by atoms with E-state index in [1.54, 1.807) is 13.0 Å². The Bertz CT molecular complexity index is 731. The molecule has 108 valence electrons. The lowest BCUT2D eigenvalue weighted by Crippen LogP contribution is -2.15. The van der Waals surface area contributed by atoms with Crippen LogP contribution in [-0.4, -0.2) is 17.0 Å². The van der Waals surface area contributed by atoms with Gasteiger partial charge in [0.05, 0.1) is 11.3 Å². The van der Waals surface area contributed by atoms with Gasteiger partial charge in [-0.3, -0.25) is 4.79 Å². The molecule has 0 atom stereocenters. The first-order valence-electron chi connectivity index (χ1n) is 5.99. The molecule has 4 nitrogen and oxygen atoms in total. The molecule has 0 aromatic heterocycles. The third-order valence-corrected chi connectivity index (χ3v) is 3.39. The third kappa shape index (κ3) is 3.46. The number of nitrogens with one attached hydrogen (secondary N) is 1. The Morgan fingerprint density at radius 3 is 2.52 bits per heavy atom. The van der Waals surface area contributed by atoms with E-state index in [1.165, 1.54) is 24.3 Å². The molecule has 2 rings (SSSR count). The molecule has 0 aliphatic carbocycles. The number of halogens is 2. The fraction of sp³-hybridized carbons (Fsp3) is 0.0667. The molecule has 0 fully saturated rings. The van der Waals surface area contributed by atoms with E-state index in [4.69, 9.17) is 5.11 Å². The second-order valence-electron chi connectivity index (χ2n) is 4.41. The van der Waals surface area contributed by atoms with Crippen LogP contribution in [0.4, 0.5) is 10.1 Å². The van der Waals surface area contributed by atoms with Crippen LogP contribution in [0.15, 0.2) is 40.9 Å². The second-order valence-corrected chi connectivity index (χ2v) is 5.33. The van der Waals surface area contributed by atoms with Crippen molar-refractivity contribution < 1.29 is 19.1 Å². The largest absolute Gasteiger partial charge is 0.478 e. The lowest BCUT2D eigenvalue weighted by Gasteiger charge is -2.09. The van der Waals surface area contributed by atoms with Crippen LogP contribution in [0, 0.1) is 12.7 Å². The topological polar surface area (TPSA) is 66.4 Å². The summed E-state index contributed by atoms with van der Waals surface area (Å²) in [5, 5.41) is 11.6. The molecule has 2 aromatic rings. The van der Waals surface area contributed by atoms with Crippen molar-refractivity contribution in [3.05, 3.63) is 63.4 Å². The maximum absolute atomic E-state index is 13.5. The monoisotopic (exact) mass is 351 g/mol. The van der Waals surface area contributed by atoms with Crippen molar-refractivity contribution in [2.75, 3.05) is 5.32 Å². The number of amides is 1. The van der Waals surface area contributed by atoms with Crippen LogP contribution in [-0.2, 0) is 0 Å². The molecule has 0 spiro atoms. The SMILES string of the molecule is Cc1ccc(C(=O)Nc2cc(Br)ccc2C(=O)O)cc1F. The van der Waals surface area contributed by atoms with Crippen LogP contribution in [0.25, 0.3) is 0 Å². The molecule has 0 aliphatic heterocycles. The summed E-state index contributed by atoms with van der Waals surface area (Å²) in [7, 11) is 0. The van der Waals surface area contributed by atoms with Gasteiger partial charge >= 0.3 is 5.97 Å². The van der Waals surface area contributed by atoms with E-state index in [0.29, 0.717) is 10.0 Å². The zero-order valence-corrected chi connectivity index (χ0v) is 12.6. The normalized spacial score (nSPS) is 10.2. The fourth-order valence-corrected chi connectivity index (χ4v) is 2.10. The van der Waals surface area contributed by atoms with Gasteiger partial charge in [0.25, 0.3) is 5.91 Å². The maximum atomic E-state index is 13.5. The van der Waals surface area contributed by atoms with Gasteiger partial charge in [-0.2, -0.15) is 0 Å². The highest BCUT2D eigenvalue weighted by atomic mass is 79.9. The lowest BCUT2D eigenvalue weighted by atomic mass is 10.1. The summed E-state index contributed by atoms with van der Waals surface area (Å²) >= 11 is 3.21. The van der Waals surface area contributed by atoms with Crippen LogP contribution in [0.2, 0.25) is 0 Å². The van der Waals surface area contributed by atoms with E-state index in [0.717, 1.165) is 6.07 Å². The number of rotatable bonds is 3. The van der Waals surface area contributed by atoms with Crippen molar-refractivity contribution >= 4 is 33.5 Å². The van der Waals surface area contributed by atoms with Gasteiger partial charge in [-0.15, -0.1) is 0 Å². The van der Waals surface area contributed by atoms with Gasteiger partial charge in [0.2, 0.25) is 0 Å². The van der Waals surface area contributed by atoms with Gasteiger partial charge < -0.3 is 10.4 Å². The van der Waals surface area contributed by atoms with Gasteiger partial charge in [0.1, 0.15) is 5.82 Å². The predicted molar refractivity (Wildman–Crippen MR) is 80.2 cm³/mol. The number of carboxylic acid groups (broad SMARTS) is 1. The van der Waals surface area contributed by atoms with Crippen molar-refractivity contribution in [2.24, 2.45) is 0 Å². The molecule has 0 unspecified atom stereocenters. The first kappa shape index (κ1) is 15.2. The quantitative estimate of drug-likeness (QED) is 0.882.